The first-order valence-corrected chi connectivity index (χ1v) is 7.31. The average Bonchev–Trinajstić information content (AvgIpc) is 2.89. The lowest BCUT2D eigenvalue weighted by Gasteiger charge is -2.08. The summed E-state index contributed by atoms with van der Waals surface area (Å²) in [4.78, 5) is 23.3. The second-order valence-corrected chi connectivity index (χ2v) is 5.19. The lowest BCUT2D eigenvalue weighted by atomic mass is 10.1. The molecule has 0 atom stereocenters. The van der Waals surface area contributed by atoms with Crippen molar-refractivity contribution in [3.8, 4) is 0 Å². The fourth-order valence-electron chi connectivity index (χ4n) is 2.06. The van der Waals surface area contributed by atoms with Gasteiger partial charge in [-0.15, -0.1) is 0 Å². The van der Waals surface area contributed by atoms with Crippen molar-refractivity contribution >= 4 is 11.9 Å². The molecule has 23 heavy (non-hydrogen) atoms. The van der Waals surface area contributed by atoms with Crippen LogP contribution in [0.25, 0.3) is 0 Å². The van der Waals surface area contributed by atoms with E-state index in [-0.39, 0.29) is 11.9 Å². The molecule has 0 aliphatic carbocycles. The van der Waals surface area contributed by atoms with Crippen LogP contribution in [0.5, 0.6) is 0 Å². The van der Waals surface area contributed by atoms with E-state index in [1.807, 2.05) is 26.1 Å². The van der Waals surface area contributed by atoms with Gasteiger partial charge >= 0.3 is 6.03 Å². The number of benzene rings is 1. The molecule has 0 aliphatic heterocycles. The molecule has 7 nitrogen and oxygen atoms in total. The number of carbonyl (C=O) groups excluding carboxylic acids is 2. The number of hydrogen-bond donors (Lipinski definition) is 3. The minimum atomic E-state index is -0.247. The Morgan fingerprint density at radius 1 is 1.13 bits per heavy atom. The lowest BCUT2D eigenvalue weighted by Crippen LogP contribution is -2.34. The largest absolute Gasteiger partial charge is 0.355 e. The number of aromatic nitrogens is 2. The monoisotopic (exact) mass is 315 g/mol. The number of hydrogen-bond acceptors (Lipinski definition) is 3. The third kappa shape index (κ3) is 4.32. The minimum absolute atomic E-state index is 0.130. The van der Waals surface area contributed by atoms with Crippen LogP contribution in [-0.2, 0) is 20.1 Å². The molecule has 3 N–H and O–H groups in total. The van der Waals surface area contributed by atoms with Gasteiger partial charge in [-0.05, 0) is 24.6 Å². The second-order valence-electron chi connectivity index (χ2n) is 5.19. The first-order chi connectivity index (χ1) is 11.0. The van der Waals surface area contributed by atoms with Crippen molar-refractivity contribution < 1.29 is 9.59 Å². The number of carbonyl (C=O) groups is 2. The van der Waals surface area contributed by atoms with E-state index in [2.05, 4.69) is 21.0 Å². The molecule has 1 aromatic carbocycles. The Hall–Kier alpha value is -2.83. The zero-order valence-electron chi connectivity index (χ0n) is 13.5. The van der Waals surface area contributed by atoms with E-state index in [0.717, 1.165) is 16.8 Å². The van der Waals surface area contributed by atoms with E-state index in [9.17, 15) is 9.59 Å². The number of nitrogens with one attached hydrogen (secondary N) is 3. The summed E-state index contributed by atoms with van der Waals surface area (Å²) in [5, 5.41) is 12.3. The first-order valence-electron chi connectivity index (χ1n) is 7.31. The summed E-state index contributed by atoms with van der Waals surface area (Å²) in [7, 11) is 3.45. The Kier molecular flexibility index (Phi) is 5.35. The standard InChI is InChI=1S/C16H21N5O2/c1-11-14(10-20-21(11)3)9-19-16(23)18-8-12-4-6-13(7-5-12)15(22)17-2/h4-7,10H,8-9H2,1-3H3,(H,17,22)(H2,18,19,23). The fourth-order valence-corrected chi connectivity index (χ4v) is 2.06. The van der Waals surface area contributed by atoms with Gasteiger partial charge in [-0.25, -0.2) is 4.79 Å². The van der Waals surface area contributed by atoms with Crippen LogP contribution >= 0.6 is 0 Å². The van der Waals surface area contributed by atoms with Crippen LogP contribution in [0, 0.1) is 6.92 Å². The zero-order chi connectivity index (χ0) is 16.8. The van der Waals surface area contributed by atoms with Gasteiger partial charge in [0.2, 0.25) is 0 Å². The molecule has 0 spiro atoms. The summed E-state index contributed by atoms with van der Waals surface area (Å²) in [6.45, 7) is 2.78. The summed E-state index contributed by atoms with van der Waals surface area (Å²) in [5.41, 5.74) is 3.52. The molecular formula is C16H21N5O2. The predicted octanol–water partition coefficient (Wildman–Crippen LogP) is 1.09. The molecule has 1 aromatic heterocycles. The molecule has 2 aromatic rings. The Morgan fingerprint density at radius 3 is 2.35 bits per heavy atom. The van der Waals surface area contributed by atoms with E-state index in [1.165, 1.54) is 0 Å². The number of nitrogens with zero attached hydrogens (tertiary/aromatic N) is 2. The van der Waals surface area contributed by atoms with Crippen molar-refractivity contribution in [3.63, 3.8) is 0 Å². The Balaban J connectivity index is 1.80. The minimum Gasteiger partial charge on any atom is -0.355 e. The van der Waals surface area contributed by atoms with Crippen LogP contribution in [0.15, 0.2) is 30.5 Å². The molecule has 7 heteroatoms. The van der Waals surface area contributed by atoms with Gasteiger partial charge < -0.3 is 16.0 Å². The normalized spacial score (nSPS) is 10.2. The van der Waals surface area contributed by atoms with Crippen molar-refractivity contribution in [2.75, 3.05) is 7.05 Å². The van der Waals surface area contributed by atoms with Crippen LogP contribution in [0.3, 0.4) is 0 Å². The fraction of sp³-hybridized carbons (Fsp3) is 0.312. The maximum Gasteiger partial charge on any atom is 0.315 e. The van der Waals surface area contributed by atoms with E-state index in [1.54, 1.807) is 30.1 Å². The zero-order valence-corrected chi connectivity index (χ0v) is 13.5. The predicted molar refractivity (Wildman–Crippen MR) is 86.9 cm³/mol. The van der Waals surface area contributed by atoms with Crippen LogP contribution in [0.4, 0.5) is 4.79 Å². The van der Waals surface area contributed by atoms with Gasteiger partial charge in [-0.1, -0.05) is 12.1 Å². The molecule has 3 amide bonds. The molecule has 0 unspecified atom stereocenters. The average molecular weight is 315 g/mol. The molecule has 2 rings (SSSR count). The van der Waals surface area contributed by atoms with Crippen molar-refractivity contribution in [3.05, 3.63) is 52.8 Å². The number of rotatable bonds is 5. The molecule has 0 saturated heterocycles. The molecule has 0 saturated carbocycles. The lowest BCUT2D eigenvalue weighted by molar-refractivity contribution is 0.0963. The first kappa shape index (κ1) is 16.5. The third-order valence-corrected chi connectivity index (χ3v) is 3.67. The van der Waals surface area contributed by atoms with Gasteiger partial charge in [-0.3, -0.25) is 9.48 Å². The van der Waals surface area contributed by atoms with Crippen LogP contribution in [0.1, 0.15) is 27.2 Å². The van der Waals surface area contributed by atoms with Gasteiger partial charge in [0.15, 0.2) is 0 Å². The van der Waals surface area contributed by atoms with Crippen molar-refractivity contribution in [1.29, 1.82) is 0 Å². The highest BCUT2D eigenvalue weighted by atomic mass is 16.2. The SMILES string of the molecule is CNC(=O)c1ccc(CNC(=O)NCc2cnn(C)c2C)cc1. The Morgan fingerprint density at radius 2 is 1.78 bits per heavy atom. The molecule has 0 fully saturated rings. The van der Waals surface area contributed by atoms with Gasteiger partial charge in [-0.2, -0.15) is 5.10 Å². The van der Waals surface area contributed by atoms with Gasteiger partial charge in [0.05, 0.1) is 6.20 Å². The number of amides is 3. The molecule has 0 bridgehead atoms. The van der Waals surface area contributed by atoms with E-state index >= 15 is 0 Å². The van der Waals surface area contributed by atoms with Gasteiger partial charge in [0.1, 0.15) is 0 Å². The third-order valence-electron chi connectivity index (χ3n) is 3.67. The summed E-state index contributed by atoms with van der Waals surface area (Å²) in [6, 6.07) is 6.84. The maximum absolute atomic E-state index is 11.8. The van der Waals surface area contributed by atoms with E-state index < -0.39 is 0 Å². The summed E-state index contributed by atoms with van der Waals surface area (Å²) in [6.07, 6.45) is 1.74. The quantitative estimate of drug-likeness (QED) is 0.771. The van der Waals surface area contributed by atoms with Gasteiger partial charge in [0.25, 0.3) is 5.91 Å². The number of aryl methyl sites for hydroxylation is 1. The van der Waals surface area contributed by atoms with Gasteiger partial charge in [0, 0.05) is 44.0 Å². The molecule has 122 valence electrons. The topological polar surface area (TPSA) is 88.1 Å². The molecule has 0 radical (unpaired) electrons. The van der Waals surface area contributed by atoms with Crippen molar-refractivity contribution in [2.24, 2.45) is 7.05 Å². The highest BCUT2D eigenvalue weighted by Crippen LogP contribution is 2.05. The van der Waals surface area contributed by atoms with Crippen molar-refractivity contribution in [1.82, 2.24) is 25.7 Å². The van der Waals surface area contributed by atoms with E-state index in [0.29, 0.717) is 18.7 Å². The molecular weight excluding hydrogens is 294 g/mol. The summed E-state index contributed by atoms with van der Waals surface area (Å²) in [5.74, 6) is -0.130. The maximum atomic E-state index is 11.8. The Bertz CT molecular complexity index is 691. The number of urea groups is 1. The van der Waals surface area contributed by atoms with Crippen LogP contribution in [0.2, 0.25) is 0 Å². The van der Waals surface area contributed by atoms with Crippen LogP contribution in [-0.4, -0.2) is 28.8 Å². The second kappa shape index (κ2) is 7.44. The Labute approximate surface area is 135 Å². The van der Waals surface area contributed by atoms with E-state index in [4.69, 9.17) is 0 Å². The highest BCUT2D eigenvalue weighted by Gasteiger charge is 2.06. The molecule has 0 aliphatic rings. The molecule has 1 heterocycles. The smallest absolute Gasteiger partial charge is 0.315 e. The summed E-state index contributed by atoms with van der Waals surface area (Å²) >= 11 is 0. The highest BCUT2D eigenvalue weighted by molar-refractivity contribution is 5.93. The van der Waals surface area contributed by atoms with Crippen LogP contribution < -0.4 is 16.0 Å². The summed E-state index contributed by atoms with van der Waals surface area (Å²) < 4.78 is 1.77. The van der Waals surface area contributed by atoms with Crippen molar-refractivity contribution in [2.45, 2.75) is 20.0 Å².